The summed E-state index contributed by atoms with van der Waals surface area (Å²) in [5.74, 6) is 2.10. The summed E-state index contributed by atoms with van der Waals surface area (Å²) in [4.78, 5) is 25.6. The summed E-state index contributed by atoms with van der Waals surface area (Å²) < 4.78 is 24.6. The van der Waals surface area contributed by atoms with Crippen LogP contribution in [0.4, 0.5) is 0 Å². The van der Waals surface area contributed by atoms with E-state index in [2.05, 4.69) is 20.6 Å². The number of nitrogens with zero attached hydrogens (tertiary/aromatic N) is 4. The number of hydrogen-bond acceptors (Lipinski definition) is 8. The molecule has 4 aromatic rings. The first-order valence-corrected chi connectivity index (χ1v) is 11.4. The molecule has 5 rings (SSSR count). The second-order valence-electron chi connectivity index (χ2n) is 8.24. The molecule has 1 aliphatic carbocycles. The van der Waals surface area contributed by atoms with Crippen LogP contribution in [0, 0.1) is 0 Å². The highest BCUT2D eigenvalue weighted by molar-refractivity contribution is 5.93. The molecule has 12 heteroatoms. The van der Waals surface area contributed by atoms with Gasteiger partial charge in [0.05, 0.1) is 39.8 Å². The lowest BCUT2D eigenvalue weighted by Crippen LogP contribution is -2.32. The van der Waals surface area contributed by atoms with Gasteiger partial charge < -0.3 is 23.9 Å². The molecule has 0 saturated heterocycles. The maximum atomic E-state index is 12.9. The molecule has 2 N–H and O–H groups in total. The molecule has 1 amide bonds. The molecule has 0 radical (unpaired) electrons. The van der Waals surface area contributed by atoms with Gasteiger partial charge in [0.25, 0.3) is 5.91 Å². The van der Waals surface area contributed by atoms with Crippen LogP contribution in [0.5, 0.6) is 17.2 Å². The lowest BCUT2D eigenvalue weighted by Gasteiger charge is -2.13. The SMILES string of the molecule is COc1cc(-c2cc(C(=O)NCCn3nc(-c4ccco4)n(C4CC4)c3=O)[nH]n2)cc(OC)c1OC. The number of rotatable bonds is 10. The van der Waals surface area contributed by atoms with Gasteiger partial charge in [-0.05, 0) is 43.2 Å². The van der Waals surface area contributed by atoms with Crippen molar-refractivity contribution in [2.45, 2.75) is 25.4 Å². The molecule has 0 spiro atoms. The number of H-pyrrole nitrogens is 1. The van der Waals surface area contributed by atoms with E-state index in [0.717, 1.165) is 12.8 Å². The number of carbonyl (C=O) groups excluding carboxylic acids is 1. The van der Waals surface area contributed by atoms with E-state index in [0.29, 0.717) is 40.1 Å². The lowest BCUT2D eigenvalue weighted by molar-refractivity contribution is 0.0946. The van der Waals surface area contributed by atoms with E-state index in [1.165, 1.54) is 26.0 Å². The van der Waals surface area contributed by atoms with Crippen LogP contribution in [0.25, 0.3) is 22.8 Å². The Labute approximate surface area is 205 Å². The summed E-state index contributed by atoms with van der Waals surface area (Å²) in [7, 11) is 4.58. The van der Waals surface area contributed by atoms with E-state index in [1.54, 1.807) is 41.2 Å². The van der Waals surface area contributed by atoms with E-state index >= 15 is 0 Å². The van der Waals surface area contributed by atoms with Crippen molar-refractivity contribution in [2.24, 2.45) is 0 Å². The summed E-state index contributed by atoms with van der Waals surface area (Å²) in [6.45, 7) is 0.419. The number of nitrogens with one attached hydrogen (secondary N) is 2. The molecule has 0 atom stereocenters. The smallest absolute Gasteiger partial charge is 0.346 e. The number of carbonyl (C=O) groups is 1. The summed E-state index contributed by atoms with van der Waals surface area (Å²) in [5, 5.41) is 14.2. The Morgan fingerprint density at radius 2 is 1.92 bits per heavy atom. The van der Waals surface area contributed by atoms with Gasteiger partial charge >= 0.3 is 5.69 Å². The van der Waals surface area contributed by atoms with Crippen molar-refractivity contribution in [3.8, 4) is 40.1 Å². The fourth-order valence-electron chi connectivity index (χ4n) is 3.99. The van der Waals surface area contributed by atoms with Crippen LogP contribution >= 0.6 is 0 Å². The third-order valence-electron chi connectivity index (χ3n) is 5.92. The molecule has 1 aromatic carbocycles. The van der Waals surface area contributed by atoms with Gasteiger partial charge in [-0.2, -0.15) is 5.10 Å². The third kappa shape index (κ3) is 4.32. The number of aromatic amines is 1. The predicted molar refractivity (Wildman–Crippen MR) is 128 cm³/mol. The minimum atomic E-state index is -0.359. The van der Waals surface area contributed by atoms with Crippen LogP contribution in [0.15, 0.2) is 45.8 Å². The van der Waals surface area contributed by atoms with Gasteiger partial charge in [-0.15, -0.1) is 5.10 Å². The quantitative estimate of drug-likeness (QED) is 0.343. The number of aromatic nitrogens is 5. The van der Waals surface area contributed by atoms with Crippen LogP contribution in [-0.4, -0.2) is 58.3 Å². The number of methoxy groups -OCH3 is 3. The first-order valence-electron chi connectivity index (χ1n) is 11.4. The van der Waals surface area contributed by atoms with Crippen LogP contribution < -0.4 is 25.2 Å². The Morgan fingerprint density at radius 3 is 2.53 bits per heavy atom. The van der Waals surface area contributed by atoms with Crippen molar-refractivity contribution in [3.05, 3.63) is 52.8 Å². The Morgan fingerprint density at radius 1 is 1.17 bits per heavy atom. The van der Waals surface area contributed by atoms with E-state index in [4.69, 9.17) is 18.6 Å². The lowest BCUT2D eigenvalue weighted by atomic mass is 10.1. The summed E-state index contributed by atoms with van der Waals surface area (Å²) in [6.07, 6.45) is 3.42. The zero-order valence-corrected chi connectivity index (χ0v) is 20.1. The standard InChI is InChI=1S/C24H26N6O6/c1-33-19-11-14(12-20(34-2)21(19)35-3)16-13-17(27-26-16)23(31)25-8-9-29-24(32)30(15-6-7-15)22(28-29)18-5-4-10-36-18/h4-5,10-13,15H,6-9H2,1-3H3,(H,25,31)(H,26,27). The molecule has 12 nitrogen and oxygen atoms in total. The van der Waals surface area contributed by atoms with Gasteiger partial charge in [0.1, 0.15) is 5.69 Å². The largest absolute Gasteiger partial charge is 0.493 e. The number of ether oxygens (including phenoxy) is 3. The maximum Gasteiger partial charge on any atom is 0.346 e. The number of benzene rings is 1. The zero-order valence-electron chi connectivity index (χ0n) is 20.1. The highest BCUT2D eigenvalue weighted by Crippen LogP contribution is 2.41. The van der Waals surface area contributed by atoms with Crippen LogP contribution in [0.3, 0.4) is 0 Å². The van der Waals surface area contributed by atoms with Crippen molar-refractivity contribution in [2.75, 3.05) is 27.9 Å². The van der Waals surface area contributed by atoms with Crippen molar-refractivity contribution >= 4 is 5.91 Å². The fraction of sp³-hybridized carbons (Fsp3) is 0.333. The summed E-state index contributed by atoms with van der Waals surface area (Å²) in [5.41, 5.74) is 1.26. The van der Waals surface area contributed by atoms with E-state index < -0.39 is 0 Å². The van der Waals surface area contributed by atoms with Gasteiger partial charge in [0, 0.05) is 18.2 Å². The van der Waals surface area contributed by atoms with Gasteiger partial charge in [-0.1, -0.05) is 0 Å². The van der Waals surface area contributed by atoms with Crippen LogP contribution in [0.2, 0.25) is 0 Å². The second kappa shape index (κ2) is 9.64. The van der Waals surface area contributed by atoms with Crippen molar-refractivity contribution in [3.63, 3.8) is 0 Å². The summed E-state index contributed by atoms with van der Waals surface area (Å²) >= 11 is 0. The predicted octanol–water partition coefficient (Wildman–Crippen LogP) is 2.49. The molecule has 0 unspecified atom stereocenters. The maximum absolute atomic E-state index is 12.9. The molecule has 0 bridgehead atoms. The highest BCUT2D eigenvalue weighted by Gasteiger charge is 2.31. The first kappa shape index (κ1) is 23.3. The average molecular weight is 495 g/mol. The van der Waals surface area contributed by atoms with Gasteiger partial charge in [0.2, 0.25) is 11.6 Å². The minimum Gasteiger partial charge on any atom is -0.493 e. The van der Waals surface area contributed by atoms with Gasteiger partial charge in [-0.25, -0.2) is 9.48 Å². The molecule has 188 valence electrons. The third-order valence-corrected chi connectivity index (χ3v) is 5.92. The molecular formula is C24H26N6O6. The molecule has 0 aliphatic heterocycles. The molecule has 36 heavy (non-hydrogen) atoms. The topological polar surface area (TPSA) is 138 Å². The Kier molecular flexibility index (Phi) is 6.23. The average Bonchev–Trinajstić information content (AvgIpc) is 3.28. The van der Waals surface area contributed by atoms with Crippen LogP contribution in [-0.2, 0) is 6.54 Å². The Bertz CT molecular complexity index is 1400. The van der Waals surface area contributed by atoms with Crippen molar-refractivity contribution in [1.29, 1.82) is 0 Å². The van der Waals surface area contributed by atoms with Crippen LogP contribution in [0.1, 0.15) is 29.4 Å². The molecule has 1 aliphatic rings. The van der Waals surface area contributed by atoms with E-state index in [-0.39, 0.29) is 36.4 Å². The number of hydrogen-bond donors (Lipinski definition) is 2. The van der Waals surface area contributed by atoms with Gasteiger partial charge in [-0.3, -0.25) is 14.5 Å². The molecule has 1 fully saturated rings. The van der Waals surface area contributed by atoms with Gasteiger partial charge in [0.15, 0.2) is 17.3 Å². The zero-order chi connectivity index (χ0) is 25.2. The Hall–Kier alpha value is -4.48. The molecule has 3 heterocycles. The Balaban J connectivity index is 1.28. The molecule has 1 saturated carbocycles. The first-order chi connectivity index (χ1) is 17.5. The van der Waals surface area contributed by atoms with E-state index in [9.17, 15) is 9.59 Å². The minimum absolute atomic E-state index is 0.138. The molecular weight excluding hydrogens is 468 g/mol. The van der Waals surface area contributed by atoms with Crippen molar-refractivity contribution in [1.82, 2.24) is 29.9 Å². The summed E-state index contributed by atoms with van der Waals surface area (Å²) in [6, 6.07) is 8.79. The second-order valence-corrected chi connectivity index (χ2v) is 8.24. The highest BCUT2D eigenvalue weighted by atomic mass is 16.5. The normalized spacial score (nSPS) is 13.0. The fourth-order valence-corrected chi connectivity index (χ4v) is 3.99. The number of amides is 1. The monoisotopic (exact) mass is 494 g/mol. The van der Waals surface area contributed by atoms with Crippen molar-refractivity contribution < 1.29 is 23.4 Å². The number of furan rings is 1. The molecule has 3 aromatic heterocycles. The van der Waals surface area contributed by atoms with E-state index in [1.807, 2.05) is 0 Å².